The first-order valence-electron chi connectivity index (χ1n) is 8.71. The maximum atomic E-state index is 11.1. The van der Waals surface area contributed by atoms with Crippen LogP contribution >= 0.6 is 11.3 Å². The molecule has 2 unspecified atom stereocenters. The van der Waals surface area contributed by atoms with Gasteiger partial charge < -0.3 is 24.8 Å². The van der Waals surface area contributed by atoms with E-state index in [1.807, 2.05) is 48.6 Å². The first kappa shape index (κ1) is 21.1. The lowest BCUT2D eigenvalue weighted by Gasteiger charge is -2.16. The summed E-state index contributed by atoms with van der Waals surface area (Å²) in [7, 11) is 5.19. The van der Waals surface area contributed by atoms with Crippen molar-refractivity contribution in [2.24, 2.45) is 0 Å². The van der Waals surface area contributed by atoms with Crippen molar-refractivity contribution in [3.8, 4) is 5.75 Å². The minimum Gasteiger partial charge on any atom is -0.482 e. The summed E-state index contributed by atoms with van der Waals surface area (Å²) in [6.07, 6.45) is 0.177. The number of aliphatic hydroxyl groups is 1. The highest BCUT2D eigenvalue weighted by molar-refractivity contribution is 7.13. The Hall–Kier alpha value is -2.16. The molecule has 0 spiro atoms. The van der Waals surface area contributed by atoms with Crippen molar-refractivity contribution >= 4 is 22.4 Å². The van der Waals surface area contributed by atoms with Crippen LogP contribution in [0.1, 0.15) is 24.3 Å². The van der Waals surface area contributed by atoms with Gasteiger partial charge in [-0.2, -0.15) is 0 Å². The van der Waals surface area contributed by atoms with Gasteiger partial charge in [-0.25, -0.2) is 9.78 Å². The molecule has 0 amide bonds. The van der Waals surface area contributed by atoms with E-state index < -0.39 is 12.1 Å². The van der Waals surface area contributed by atoms with Crippen LogP contribution in [0.5, 0.6) is 5.75 Å². The second kappa shape index (κ2) is 10.2. The number of carbonyl (C=O) groups is 1. The molecule has 0 aliphatic heterocycles. The van der Waals surface area contributed by atoms with Crippen LogP contribution in [0, 0.1) is 0 Å². The van der Waals surface area contributed by atoms with E-state index >= 15 is 0 Å². The average Bonchev–Trinajstić information content (AvgIpc) is 3.16. The normalized spacial score (nSPS) is 13.1. The van der Waals surface area contributed by atoms with E-state index in [9.17, 15) is 9.90 Å². The maximum Gasteiger partial charge on any atom is 0.343 e. The summed E-state index contributed by atoms with van der Waals surface area (Å²) in [6, 6.07) is 7.78. The lowest BCUT2D eigenvalue weighted by atomic mass is 10.1. The van der Waals surface area contributed by atoms with Gasteiger partial charge in [0, 0.05) is 32.1 Å². The fourth-order valence-corrected chi connectivity index (χ4v) is 3.21. The molecule has 2 aromatic rings. The van der Waals surface area contributed by atoms with Crippen LogP contribution in [0.2, 0.25) is 0 Å². The van der Waals surface area contributed by atoms with Gasteiger partial charge in [-0.3, -0.25) is 0 Å². The number of anilines is 1. The Bertz CT molecular complexity index is 718. The molecule has 2 atom stereocenters. The molecule has 148 valence electrons. The van der Waals surface area contributed by atoms with Gasteiger partial charge in [0.2, 0.25) is 0 Å². The van der Waals surface area contributed by atoms with Crippen LogP contribution in [0.4, 0.5) is 5.13 Å². The Morgan fingerprint density at radius 3 is 2.63 bits per heavy atom. The van der Waals surface area contributed by atoms with Crippen LogP contribution in [0.15, 0.2) is 29.6 Å². The van der Waals surface area contributed by atoms with Crippen molar-refractivity contribution in [1.82, 2.24) is 10.3 Å². The number of nitrogens with one attached hydrogen (secondary N) is 1. The number of rotatable bonds is 10. The maximum absolute atomic E-state index is 11.1. The molecule has 0 saturated carbocycles. The Labute approximate surface area is 163 Å². The molecular formula is C19H27N3O4S. The van der Waals surface area contributed by atoms with Gasteiger partial charge in [-0.15, -0.1) is 11.3 Å². The molecular weight excluding hydrogens is 366 g/mol. The molecule has 2 N–H and O–H groups in total. The first-order chi connectivity index (χ1) is 12.9. The molecule has 1 heterocycles. The highest BCUT2D eigenvalue weighted by atomic mass is 32.1. The molecule has 27 heavy (non-hydrogen) atoms. The number of carbonyl (C=O) groups excluding carboxylic acids is 1. The van der Waals surface area contributed by atoms with Gasteiger partial charge in [-0.1, -0.05) is 12.1 Å². The lowest BCUT2D eigenvalue weighted by molar-refractivity contribution is -0.142. The molecule has 0 aliphatic carbocycles. The third-order valence-electron chi connectivity index (χ3n) is 3.94. The molecule has 0 aliphatic rings. The number of methoxy groups -OCH3 is 1. The van der Waals surface area contributed by atoms with Crippen LogP contribution < -0.4 is 15.0 Å². The molecule has 0 bridgehead atoms. The zero-order valence-electron chi connectivity index (χ0n) is 16.1. The van der Waals surface area contributed by atoms with Crippen molar-refractivity contribution in [3.05, 3.63) is 40.9 Å². The van der Waals surface area contributed by atoms with Crippen LogP contribution in [-0.4, -0.2) is 56.5 Å². The van der Waals surface area contributed by atoms with Crippen molar-refractivity contribution < 1.29 is 19.4 Å². The number of nitrogens with zero attached hydrogens (tertiary/aromatic N) is 2. The number of benzene rings is 1. The standard InChI is InChI=1S/C19H27N3O4S/c1-13(20-10-17(23)16-12-27-19(21-16)22(2)3)9-14-5-7-15(8-6-14)26-11-18(24)25-4/h5-8,12-13,17,20,23H,9-11H2,1-4H3. The highest BCUT2D eigenvalue weighted by Crippen LogP contribution is 2.22. The number of thiazole rings is 1. The van der Waals surface area contributed by atoms with Gasteiger partial charge in [0.1, 0.15) is 11.9 Å². The first-order valence-corrected chi connectivity index (χ1v) is 9.59. The number of ether oxygens (including phenoxy) is 2. The van der Waals surface area contributed by atoms with E-state index in [1.165, 1.54) is 18.4 Å². The predicted octanol–water partition coefficient (Wildman–Crippen LogP) is 2.02. The topological polar surface area (TPSA) is 83.9 Å². The molecule has 0 radical (unpaired) electrons. The van der Waals surface area contributed by atoms with E-state index in [2.05, 4.69) is 22.0 Å². The van der Waals surface area contributed by atoms with Crippen LogP contribution in [-0.2, 0) is 16.0 Å². The number of aliphatic hydroxyl groups excluding tert-OH is 1. The second-order valence-electron chi connectivity index (χ2n) is 6.49. The SMILES string of the molecule is COC(=O)COc1ccc(CC(C)NCC(O)c2csc(N(C)C)n2)cc1. The minimum absolute atomic E-state index is 0.0994. The highest BCUT2D eigenvalue weighted by Gasteiger charge is 2.14. The van der Waals surface area contributed by atoms with Gasteiger partial charge in [0.25, 0.3) is 0 Å². The lowest BCUT2D eigenvalue weighted by Crippen LogP contribution is -2.32. The number of hydrogen-bond acceptors (Lipinski definition) is 8. The van der Waals surface area contributed by atoms with E-state index in [0.29, 0.717) is 18.0 Å². The van der Waals surface area contributed by atoms with Crippen molar-refractivity contribution in [3.63, 3.8) is 0 Å². The Balaban J connectivity index is 1.77. The summed E-state index contributed by atoms with van der Waals surface area (Å²) in [5, 5.41) is 16.4. The number of hydrogen-bond donors (Lipinski definition) is 2. The average molecular weight is 394 g/mol. The fraction of sp³-hybridized carbons (Fsp3) is 0.474. The summed E-state index contributed by atoms with van der Waals surface area (Å²) in [4.78, 5) is 17.4. The van der Waals surface area contributed by atoms with Crippen LogP contribution in [0.25, 0.3) is 0 Å². The van der Waals surface area contributed by atoms with E-state index in [4.69, 9.17) is 4.74 Å². The third-order valence-corrected chi connectivity index (χ3v) is 4.97. The molecule has 7 nitrogen and oxygen atoms in total. The Morgan fingerprint density at radius 1 is 1.33 bits per heavy atom. The van der Waals surface area contributed by atoms with E-state index in [-0.39, 0.29) is 12.6 Å². The van der Waals surface area contributed by atoms with Crippen LogP contribution in [0.3, 0.4) is 0 Å². The second-order valence-corrected chi connectivity index (χ2v) is 7.32. The largest absolute Gasteiger partial charge is 0.482 e. The molecule has 8 heteroatoms. The predicted molar refractivity (Wildman–Crippen MR) is 107 cm³/mol. The summed E-state index contributed by atoms with van der Waals surface area (Å²) in [5.74, 6) is 0.216. The van der Waals surface area contributed by atoms with Gasteiger partial charge in [0.15, 0.2) is 11.7 Å². The Morgan fingerprint density at radius 2 is 2.04 bits per heavy atom. The summed E-state index contributed by atoms with van der Waals surface area (Å²) < 4.78 is 9.87. The minimum atomic E-state index is -0.633. The molecule has 0 fully saturated rings. The number of esters is 1. The summed E-state index contributed by atoms with van der Waals surface area (Å²) in [6.45, 7) is 2.41. The summed E-state index contributed by atoms with van der Waals surface area (Å²) in [5.41, 5.74) is 1.83. The summed E-state index contributed by atoms with van der Waals surface area (Å²) >= 11 is 1.52. The molecule has 1 aromatic carbocycles. The monoisotopic (exact) mass is 393 g/mol. The van der Waals surface area contributed by atoms with Gasteiger partial charge in [-0.05, 0) is 31.0 Å². The third kappa shape index (κ3) is 6.82. The van der Waals surface area contributed by atoms with Gasteiger partial charge in [0.05, 0.1) is 12.8 Å². The van der Waals surface area contributed by atoms with E-state index in [1.54, 1.807) is 0 Å². The smallest absolute Gasteiger partial charge is 0.343 e. The van der Waals surface area contributed by atoms with Crippen molar-refractivity contribution in [2.75, 3.05) is 39.3 Å². The number of aromatic nitrogens is 1. The van der Waals surface area contributed by atoms with E-state index in [0.717, 1.165) is 17.1 Å². The van der Waals surface area contributed by atoms with Crippen molar-refractivity contribution in [1.29, 1.82) is 0 Å². The zero-order valence-corrected chi connectivity index (χ0v) is 17.0. The Kier molecular flexibility index (Phi) is 8.02. The van der Waals surface area contributed by atoms with Crippen molar-refractivity contribution in [2.45, 2.75) is 25.5 Å². The zero-order chi connectivity index (χ0) is 19.8. The quantitative estimate of drug-likeness (QED) is 0.598. The van der Waals surface area contributed by atoms with Gasteiger partial charge >= 0.3 is 5.97 Å². The molecule has 2 rings (SSSR count). The molecule has 0 saturated heterocycles. The fourth-order valence-electron chi connectivity index (χ4n) is 2.40. The molecule has 1 aromatic heterocycles.